The summed E-state index contributed by atoms with van der Waals surface area (Å²) in [5.41, 5.74) is 0. The molecule has 0 aliphatic heterocycles. The Morgan fingerprint density at radius 3 is 1.89 bits per heavy atom. The topological polar surface area (TPSA) is 69.6 Å². The van der Waals surface area contributed by atoms with Crippen molar-refractivity contribution in [3.63, 3.8) is 0 Å². The number of allylic oxidation sites excluding steroid dienone is 1. The first-order valence-corrected chi connectivity index (χ1v) is 11.3. The van der Waals surface area contributed by atoms with E-state index < -0.39 is 28.5 Å². The summed E-state index contributed by atoms with van der Waals surface area (Å²) in [7, 11) is 0. The van der Waals surface area contributed by atoms with Gasteiger partial charge in [0.2, 0.25) is 0 Å². The maximum Gasteiger partial charge on any atom is 0.272 e. The standard InChI is InChI=1S/C20H36Cl3NO3/c1-2-3-4-5-6-7-8-9-10-11-12-13-14-15-18(26)17(16-25)24-19(27)20(21,22)23/h14-15,17-18,25-26H,2-13,16H2,1H3,(H,24,27)/b15-14+/t17-,18+/m0/s1. The first kappa shape index (κ1) is 27.0. The lowest BCUT2D eigenvalue weighted by Crippen LogP contribution is -2.49. The Morgan fingerprint density at radius 2 is 1.44 bits per heavy atom. The first-order valence-electron chi connectivity index (χ1n) is 10.2. The van der Waals surface area contributed by atoms with Gasteiger partial charge in [0.25, 0.3) is 9.70 Å². The average Bonchev–Trinajstić information content (AvgIpc) is 2.62. The smallest absolute Gasteiger partial charge is 0.272 e. The van der Waals surface area contributed by atoms with Crippen LogP contribution in [0.4, 0.5) is 0 Å². The van der Waals surface area contributed by atoms with E-state index in [9.17, 15) is 15.0 Å². The van der Waals surface area contributed by atoms with Gasteiger partial charge in [-0.05, 0) is 12.8 Å². The van der Waals surface area contributed by atoms with Gasteiger partial charge in [-0.15, -0.1) is 0 Å². The van der Waals surface area contributed by atoms with Crippen LogP contribution in [0.15, 0.2) is 12.2 Å². The predicted octanol–water partition coefficient (Wildman–Crippen LogP) is 5.45. The normalized spacial score (nSPS) is 14.4. The van der Waals surface area contributed by atoms with Crippen LogP contribution in [0.1, 0.15) is 84.0 Å². The van der Waals surface area contributed by atoms with Crippen molar-refractivity contribution in [3.05, 3.63) is 12.2 Å². The summed E-state index contributed by atoms with van der Waals surface area (Å²) in [6.45, 7) is 1.79. The number of alkyl halides is 3. The van der Waals surface area contributed by atoms with E-state index in [4.69, 9.17) is 34.8 Å². The van der Waals surface area contributed by atoms with Crippen molar-refractivity contribution in [3.8, 4) is 0 Å². The molecule has 27 heavy (non-hydrogen) atoms. The summed E-state index contributed by atoms with van der Waals surface area (Å²) in [5, 5.41) is 21.6. The third-order valence-electron chi connectivity index (χ3n) is 4.49. The van der Waals surface area contributed by atoms with Crippen LogP contribution in [0.3, 0.4) is 0 Å². The van der Waals surface area contributed by atoms with Gasteiger partial charge in [0.15, 0.2) is 0 Å². The van der Waals surface area contributed by atoms with Gasteiger partial charge in [-0.1, -0.05) is 118 Å². The lowest BCUT2D eigenvalue weighted by Gasteiger charge is -2.22. The van der Waals surface area contributed by atoms with Gasteiger partial charge in [-0.2, -0.15) is 0 Å². The van der Waals surface area contributed by atoms with Crippen LogP contribution >= 0.6 is 34.8 Å². The summed E-state index contributed by atoms with van der Waals surface area (Å²) in [6.07, 6.45) is 17.4. The molecule has 0 aromatic carbocycles. The quantitative estimate of drug-likeness (QED) is 0.168. The van der Waals surface area contributed by atoms with Gasteiger partial charge in [0, 0.05) is 0 Å². The number of unbranched alkanes of at least 4 members (excludes halogenated alkanes) is 11. The second-order valence-electron chi connectivity index (χ2n) is 7.00. The van der Waals surface area contributed by atoms with Gasteiger partial charge in [-0.25, -0.2) is 0 Å². The molecule has 0 bridgehead atoms. The first-order chi connectivity index (χ1) is 12.8. The van der Waals surface area contributed by atoms with E-state index in [1.807, 2.05) is 6.08 Å². The van der Waals surface area contributed by atoms with Crippen molar-refractivity contribution in [2.45, 2.75) is 99.9 Å². The summed E-state index contributed by atoms with van der Waals surface area (Å²) in [5.74, 6) is -0.871. The molecule has 0 fully saturated rings. The third kappa shape index (κ3) is 15.6. The molecular weight excluding hydrogens is 409 g/mol. The van der Waals surface area contributed by atoms with Gasteiger partial charge < -0.3 is 15.5 Å². The molecule has 160 valence electrons. The molecule has 0 saturated carbocycles. The summed E-state index contributed by atoms with van der Waals surface area (Å²) in [4.78, 5) is 11.6. The zero-order valence-corrected chi connectivity index (χ0v) is 18.7. The van der Waals surface area contributed by atoms with E-state index in [1.165, 1.54) is 64.2 Å². The fraction of sp³-hybridized carbons (Fsp3) is 0.850. The molecule has 4 nitrogen and oxygen atoms in total. The Balaban J connectivity index is 3.72. The van der Waals surface area contributed by atoms with Crippen LogP contribution in [0.2, 0.25) is 0 Å². The van der Waals surface area contributed by atoms with Crippen molar-refractivity contribution >= 4 is 40.7 Å². The SMILES string of the molecule is CCCCCCCCCCCCC/C=C/[C@@H](O)[C@H](CO)NC(=O)C(Cl)(Cl)Cl. The maximum atomic E-state index is 11.6. The monoisotopic (exact) mass is 443 g/mol. The predicted molar refractivity (Wildman–Crippen MR) is 116 cm³/mol. The molecule has 2 atom stereocenters. The number of carbonyl (C=O) groups is 1. The van der Waals surface area contributed by atoms with Crippen molar-refractivity contribution in [1.29, 1.82) is 0 Å². The highest BCUT2D eigenvalue weighted by molar-refractivity contribution is 6.76. The second kappa shape index (κ2) is 16.9. The zero-order valence-electron chi connectivity index (χ0n) is 16.4. The van der Waals surface area contributed by atoms with Gasteiger partial charge in [-0.3, -0.25) is 4.79 Å². The third-order valence-corrected chi connectivity index (χ3v) is 5.01. The van der Waals surface area contributed by atoms with Gasteiger partial charge >= 0.3 is 0 Å². The number of aliphatic hydroxyl groups is 2. The minimum atomic E-state index is -2.12. The van der Waals surface area contributed by atoms with Crippen LogP contribution in [0.25, 0.3) is 0 Å². The molecular formula is C20H36Cl3NO3. The molecule has 0 spiro atoms. The van der Waals surface area contributed by atoms with Crippen LogP contribution in [-0.2, 0) is 4.79 Å². The number of carbonyl (C=O) groups excluding carboxylic acids is 1. The molecule has 3 N–H and O–H groups in total. The van der Waals surface area contributed by atoms with Gasteiger partial charge in [0.05, 0.1) is 18.8 Å². The minimum absolute atomic E-state index is 0.448. The number of amides is 1. The van der Waals surface area contributed by atoms with E-state index in [-0.39, 0.29) is 0 Å². The number of nitrogens with one attached hydrogen (secondary N) is 1. The van der Waals surface area contributed by atoms with Crippen LogP contribution in [-0.4, -0.2) is 38.7 Å². The molecule has 0 aromatic rings. The molecule has 0 aliphatic rings. The second-order valence-corrected chi connectivity index (χ2v) is 9.28. The number of rotatable bonds is 16. The number of aliphatic hydroxyl groups excluding tert-OH is 2. The maximum absolute atomic E-state index is 11.6. The van der Waals surface area contributed by atoms with E-state index in [0.717, 1.165) is 12.8 Å². The zero-order chi connectivity index (χ0) is 20.5. The van der Waals surface area contributed by atoms with E-state index >= 15 is 0 Å². The van der Waals surface area contributed by atoms with Crippen LogP contribution < -0.4 is 5.32 Å². The molecule has 7 heteroatoms. The molecule has 0 heterocycles. The van der Waals surface area contributed by atoms with Crippen molar-refractivity contribution < 1.29 is 15.0 Å². The number of hydrogen-bond acceptors (Lipinski definition) is 3. The lowest BCUT2D eigenvalue weighted by atomic mass is 10.0. The van der Waals surface area contributed by atoms with Crippen molar-refractivity contribution in [2.24, 2.45) is 0 Å². The van der Waals surface area contributed by atoms with E-state index in [1.54, 1.807) is 6.08 Å². The van der Waals surface area contributed by atoms with E-state index in [2.05, 4.69) is 12.2 Å². The highest BCUT2D eigenvalue weighted by Crippen LogP contribution is 2.26. The highest BCUT2D eigenvalue weighted by Gasteiger charge is 2.33. The summed E-state index contributed by atoms with van der Waals surface area (Å²) in [6, 6.07) is -0.901. The molecule has 0 saturated heterocycles. The summed E-state index contributed by atoms with van der Waals surface area (Å²) < 4.78 is -2.12. The lowest BCUT2D eigenvalue weighted by molar-refractivity contribution is -0.122. The Kier molecular flexibility index (Phi) is 16.9. The molecule has 0 aromatic heterocycles. The molecule has 1 amide bonds. The summed E-state index contributed by atoms with van der Waals surface area (Å²) >= 11 is 16.4. The largest absolute Gasteiger partial charge is 0.394 e. The van der Waals surface area contributed by atoms with Crippen molar-refractivity contribution in [1.82, 2.24) is 5.32 Å². The molecule has 0 rings (SSSR count). The number of hydrogen-bond donors (Lipinski definition) is 3. The Labute approximate surface area is 179 Å². The average molecular weight is 445 g/mol. The Hall–Kier alpha value is -0.000000000000000111. The fourth-order valence-electron chi connectivity index (χ4n) is 2.79. The van der Waals surface area contributed by atoms with E-state index in [0.29, 0.717) is 0 Å². The van der Waals surface area contributed by atoms with Gasteiger partial charge in [0.1, 0.15) is 0 Å². The molecule has 0 unspecified atom stereocenters. The number of halogens is 3. The highest BCUT2D eigenvalue weighted by atomic mass is 35.6. The Bertz CT molecular complexity index is 400. The minimum Gasteiger partial charge on any atom is -0.394 e. The van der Waals surface area contributed by atoms with Crippen LogP contribution in [0, 0.1) is 0 Å². The van der Waals surface area contributed by atoms with Crippen LogP contribution in [0.5, 0.6) is 0 Å². The molecule has 0 aliphatic carbocycles. The molecule has 0 radical (unpaired) electrons. The fourth-order valence-corrected chi connectivity index (χ4v) is 2.95. The Morgan fingerprint density at radius 1 is 0.963 bits per heavy atom. The van der Waals surface area contributed by atoms with Crippen molar-refractivity contribution in [2.75, 3.05) is 6.61 Å².